The third-order valence-corrected chi connectivity index (χ3v) is 6.82. The van der Waals surface area contributed by atoms with Gasteiger partial charge in [-0.1, -0.05) is 37.3 Å². The van der Waals surface area contributed by atoms with Crippen molar-refractivity contribution in [2.45, 2.75) is 69.9 Å². The highest BCUT2D eigenvalue weighted by Crippen LogP contribution is 2.44. The van der Waals surface area contributed by atoms with Gasteiger partial charge in [0, 0.05) is 37.5 Å². The Morgan fingerprint density at radius 3 is 2.57 bits per heavy atom. The minimum atomic E-state index is 0.108. The molecule has 28 heavy (non-hydrogen) atoms. The summed E-state index contributed by atoms with van der Waals surface area (Å²) in [5, 5.41) is 13.2. The van der Waals surface area contributed by atoms with E-state index in [4.69, 9.17) is 0 Å². The number of carbonyl (C=O) groups excluding carboxylic acids is 1. The van der Waals surface area contributed by atoms with Crippen LogP contribution >= 0.6 is 0 Å². The Hall–Kier alpha value is -1.65. The minimum Gasteiger partial charge on any atom is -0.395 e. The van der Waals surface area contributed by atoms with Crippen LogP contribution in [0.2, 0.25) is 0 Å². The molecule has 1 saturated heterocycles. The summed E-state index contributed by atoms with van der Waals surface area (Å²) in [5.74, 6) is 1.17. The number of rotatable bonds is 8. The highest BCUT2D eigenvalue weighted by molar-refractivity contribution is 5.75. The Kier molecular flexibility index (Phi) is 6.17. The molecule has 1 saturated carbocycles. The van der Waals surface area contributed by atoms with Crippen molar-refractivity contribution >= 4 is 11.5 Å². The third kappa shape index (κ3) is 4.18. The second-order valence-electron chi connectivity index (χ2n) is 8.74. The molecular formula is C24H34N2O2. The fourth-order valence-corrected chi connectivity index (χ4v) is 4.95. The summed E-state index contributed by atoms with van der Waals surface area (Å²) in [6.45, 7) is 3.81. The Morgan fingerprint density at radius 1 is 1.18 bits per heavy atom. The Morgan fingerprint density at radius 2 is 1.96 bits per heavy atom. The van der Waals surface area contributed by atoms with Crippen LogP contribution in [-0.2, 0) is 4.79 Å². The van der Waals surface area contributed by atoms with Gasteiger partial charge in [-0.05, 0) is 61.1 Å². The van der Waals surface area contributed by atoms with Crippen LogP contribution in [-0.4, -0.2) is 47.7 Å². The summed E-state index contributed by atoms with van der Waals surface area (Å²) in [5.41, 5.74) is 4.11. The maximum Gasteiger partial charge on any atom is 0.219 e. The third-order valence-electron chi connectivity index (χ3n) is 6.82. The maximum atomic E-state index is 11.8. The lowest BCUT2D eigenvalue weighted by Crippen LogP contribution is -2.67. The van der Waals surface area contributed by atoms with E-state index < -0.39 is 0 Å². The monoisotopic (exact) mass is 382 g/mol. The molecule has 1 aliphatic heterocycles. The van der Waals surface area contributed by atoms with Gasteiger partial charge in [-0.25, -0.2) is 0 Å². The molecule has 2 aliphatic carbocycles. The Balaban J connectivity index is 1.50. The van der Waals surface area contributed by atoms with Gasteiger partial charge in [0.2, 0.25) is 5.91 Å². The number of allylic oxidation sites excluding steroid dienone is 2. The number of likely N-dealkylation sites (tertiary alicyclic amines) is 1. The average molecular weight is 383 g/mol. The zero-order valence-corrected chi connectivity index (χ0v) is 17.1. The molecule has 152 valence electrons. The molecule has 0 unspecified atom stereocenters. The molecule has 2 fully saturated rings. The van der Waals surface area contributed by atoms with Crippen LogP contribution in [0.5, 0.6) is 0 Å². The molecule has 4 nitrogen and oxygen atoms in total. The molecule has 1 amide bonds. The molecule has 2 N–H and O–H groups in total. The fourth-order valence-electron chi connectivity index (χ4n) is 4.95. The van der Waals surface area contributed by atoms with Gasteiger partial charge in [-0.3, -0.25) is 9.69 Å². The summed E-state index contributed by atoms with van der Waals surface area (Å²) in [6, 6.07) is 9.47. The summed E-state index contributed by atoms with van der Waals surface area (Å²) in [6.07, 6.45) is 10.5. The van der Waals surface area contributed by atoms with Crippen molar-refractivity contribution < 1.29 is 9.90 Å². The first kappa shape index (κ1) is 19.7. The Labute approximate surface area is 169 Å². The molecule has 4 heteroatoms. The van der Waals surface area contributed by atoms with Crippen molar-refractivity contribution in [1.29, 1.82) is 0 Å². The quantitative estimate of drug-likeness (QED) is 0.721. The second-order valence-corrected chi connectivity index (χ2v) is 8.74. The molecule has 0 radical (unpaired) electrons. The molecule has 0 aromatic heterocycles. The van der Waals surface area contributed by atoms with Gasteiger partial charge >= 0.3 is 0 Å². The number of hydrogen-bond acceptors (Lipinski definition) is 3. The van der Waals surface area contributed by atoms with Crippen LogP contribution in [0.4, 0.5) is 0 Å². The average Bonchev–Trinajstić information content (AvgIpc) is 3.56. The molecule has 1 heterocycles. The highest BCUT2D eigenvalue weighted by atomic mass is 16.3. The summed E-state index contributed by atoms with van der Waals surface area (Å²) >= 11 is 0. The van der Waals surface area contributed by atoms with E-state index in [0.717, 1.165) is 12.5 Å². The normalized spacial score (nSPS) is 27.8. The van der Waals surface area contributed by atoms with Crippen molar-refractivity contribution in [2.24, 2.45) is 5.92 Å². The van der Waals surface area contributed by atoms with E-state index >= 15 is 0 Å². The van der Waals surface area contributed by atoms with Gasteiger partial charge in [-0.2, -0.15) is 0 Å². The summed E-state index contributed by atoms with van der Waals surface area (Å²) in [4.78, 5) is 14.3. The topological polar surface area (TPSA) is 52.6 Å². The number of nitrogens with one attached hydrogen (secondary N) is 1. The molecule has 1 aromatic rings. The highest BCUT2D eigenvalue weighted by Gasteiger charge is 2.49. The molecular weight excluding hydrogens is 348 g/mol. The van der Waals surface area contributed by atoms with Gasteiger partial charge in [0.25, 0.3) is 0 Å². The number of amides is 1. The number of hydrogen-bond donors (Lipinski definition) is 2. The van der Waals surface area contributed by atoms with E-state index in [1.807, 2.05) is 6.92 Å². The second kappa shape index (κ2) is 8.79. The van der Waals surface area contributed by atoms with Crippen LogP contribution in [0, 0.1) is 5.92 Å². The zero-order chi connectivity index (χ0) is 19.5. The summed E-state index contributed by atoms with van der Waals surface area (Å²) < 4.78 is 0. The van der Waals surface area contributed by atoms with Crippen LogP contribution < -0.4 is 5.32 Å². The lowest BCUT2D eigenvalue weighted by Gasteiger charge is -2.55. The predicted molar refractivity (Wildman–Crippen MR) is 113 cm³/mol. The smallest absolute Gasteiger partial charge is 0.219 e. The molecule has 1 aromatic carbocycles. The van der Waals surface area contributed by atoms with Gasteiger partial charge in [-0.15, -0.1) is 0 Å². The van der Waals surface area contributed by atoms with E-state index in [1.54, 1.807) is 0 Å². The van der Waals surface area contributed by atoms with E-state index in [1.165, 1.54) is 55.2 Å². The van der Waals surface area contributed by atoms with E-state index in [-0.39, 0.29) is 30.5 Å². The molecule has 3 aliphatic rings. The van der Waals surface area contributed by atoms with Crippen molar-refractivity contribution in [3.05, 3.63) is 41.5 Å². The van der Waals surface area contributed by atoms with E-state index in [2.05, 4.69) is 40.6 Å². The predicted octanol–water partition coefficient (Wildman–Crippen LogP) is 3.71. The lowest BCUT2D eigenvalue weighted by molar-refractivity contribution is -0.122. The van der Waals surface area contributed by atoms with Gasteiger partial charge in [0.15, 0.2) is 0 Å². The number of nitrogens with zero attached hydrogens (tertiary/aromatic N) is 1. The first-order valence-corrected chi connectivity index (χ1v) is 11.1. The van der Waals surface area contributed by atoms with E-state index in [9.17, 15) is 9.90 Å². The Bertz CT molecular complexity index is 708. The number of benzene rings is 1. The van der Waals surface area contributed by atoms with Crippen LogP contribution in [0.15, 0.2) is 30.3 Å². The van der Waals surface area contributed by atoms with Crippen LogP contribution in [0.1, 0.15) is 68.9 Å². The molecule has 4 rings (SSSR count). The van der Waals surface area contributed by atoms with Crippen molar-refractivity contribution in [1.82, 2.24) is 10.2 Å². The van der Waals surface area contributed by atoms with Gasteiger partial charge in [0.1, 0.15) is 0 Å². The van der Waals surface area contributed by atoms with Crippen LogP contribution in [0.3, 0.4) is 0 Å². The first-order chi connectivity index (χ1) is 13.7. The minimum absolute atomic E-state index is 0.108. The van der Waals surface area contributed by atoms with Crippen LogP contribution in [0.25, 0.3) is 5.57 Å². The zero-order valence-electron chi connectivity index (χ0n) is 17.1. The molecule has 0 spiro atoms. The number of carbonyl (C=O) groups is 1. The number of aliphatic hydroxyl groups is 1. The first-order valence-electron chi connectivity index (χ1n) is 11.1. The van der Waals surface area contributed by atoms with Gasteiger partial charge in [0.05, 0.1) is 6.61 Å². The lowest BCUT2D eigenvalue weighted by atomic mass is 9.74. The largest absolute Gasteiger partial charge is 0.395 e. The molecule has 0 bridgehead atoms. The molecule has 3 atom stereocenters. The van der Waals surface area contributed by atoms with Crippen molar-refractivity contribution in [3.63, 3.8) is 0 Å². The van der Waals surface area contributed by atoms with Gasteiger partial charge < -0.3 is 10.4 Å². The number of aliphatic hydroxyl groups excluding tert-OH is 1. The SMILES string of the molecule is CCC(=O)NC[C@@H]1[C@@H](c2ccc(C3=CCCCC3)cc2)[C@@H](CO)N1CC1CC1. The van der Waals surface area contributed by atoms with E-state index in [0.29, 0.717) is 13.0 Å². The van der Waals surface area contributed by atoms with Crippen molar-refractivity contribution in [2.75, 3.05) is 19.7 Å². The van der Waals surface area contributed by atoms with Crippen molar-refractivity contribution in [3.8, 4) is 0 Å². The standard InChI is InChI=1S/C24H34N2O2/c1-2-23(28)25-14-21-24(22(16-27)26(21)15-17-8-9-17)20-12-10-19(11-13-20)18-6-4-3-5-7-18/h6,10-13,17,21-22,24,27H,2-5,7-9,14-16H2,1H3,(H,25,28)/t21-,22-,24-/m1/s1. The maximum absolute atomic E-state index is 11.8. The fraction of sp³-hybridized carbons (Fsp3) is 0.625. The summed E-state index contributed by atoms with van der Waals surface area (Å²) in [7, 11) is 0.